The van der Waals surface area contributed by atoms with E-state index in [9.17, 15) is 19.5 Å². The molecule has 0 radical (unpaired) electrons. The number of allylic oxidation sites excluding steroid dienone is 1. The van der Waals surface area contributed by atoms with Crippen molar-refractivity contribution in [3.8, 4) is 0 Å². The van der Waals surface area contributed by atoms with Gasteiger partial charge < -0.3 is 15.7 Å². The molecule has 3 aliphatic heterocycles. The minimum atomic E-state index is -1.16. The topological polar surface area (TPSA) is 104 Å². The summed E-state index contributed by atoms with van der Waals surface area (Å²) in [4.78, 5) is 39.3. The number of fused-ring (bicyclic) bond motifs is 1. The third-order valence-corrected chi connectivity index (χ3v) is 5.79. The Morgan fingerprint density at radius 2 is 2.08 bits per heavy atom. The van der Waals surface area contributed by atoms with Gasteiger partial charge in [0.15, 0.2) is 0 Å². The van der Waals surface area contributed by atoms with E-state index in [1.165, 1.54) is 16.7 Å². The van der Waals surface area contributed by atoms with Gasteiger partial charge in [-0.2, -0.15) is 0 Å². The molecule has 136 valence electrons. The molecule has 0 aromatic rings. The number of carbonyl (C=O) groups is 3. The highest BCUT2D eigenvalue weighted by atomic mass is 32.2. The molecule has 3 aliphatic rings. The maximum absolute atomic E-state index is 12.6. The fraction of sp³-hybridized carbons (Fsp3) is 0.588. The van der Waals surface area contributed by atoms with Gasteiger partial charge in [0.25, 0.3) is 0 Å². The van der Waals surface area contributed by atoms with Gasteiger partial charge in [0, 0.05) is 24.4 Å². The van der Waals surface area contributed by atoms with Crippen molar-refractivity contribution in [2.45, 2.75) is 38.6 Å². The second kappa shape index (κ2) is 6.17. The first-order chi connectivity index (χ1) is 11.6. The van der Waals surface area contributed by atoms with Gasteiger partial charge in [-0.3, -0.25) is 14.5 Å². The highest BCUT2D eigenvalue weighted by Gasteiger charge is 2.51. The number of nitrogens with two attached hydrogens (primary N) is 1. The minimum absolute atomic E-state index is 0.00467. The fourth-order valence-corrected chi connectivity index (χ4v) is 4.64. The Kier molecular flexibility index (Phi) is 4.45. The van der Waals surface area contributed by atoms with Crippen molar-refractivity contribution in [2.24, 2.45) is 11.1 Å². The quantitative estimate of drug-likeness (QED) is 0.566. The van der Waals surface area contributed by atoms with Crippen LogP contribution in [0.5, 0.6) is 0 Å². The van der Waals surface area contributed by atoms with Crippen LogP contribution in [0.25, 0.3) is 0 Å². The minimum Gasteiger partial charge on any atom is -0.477 e. The first kappa shape index (κ1) is 18.0. The number of β-lactam (4-membered cyclic amide) rings is 1. The molecule has 3 heterocycles. The lowest BCUT2D eigenvalue weighted by Gasteiger charge is -2.47. The zero-order valence-electron chi connectivity index (χ0n) is 14.6. The van der Waals surface area contributed by atoms with Crippen LogP contribution in [0.3, 0.4) is 0 Å². The molecule has 0 unspecified atom stereocenters. The average molecular weight is 365 g/mol. The maximum atomic E-state index is 12.6. The third kappa shape index (κ3) is 3.20. The molecule has 3 rings (SSSR count). The van der Waals surface area contributed by atoms with Gasteiger partial charge in [0.1, 0.15) is 17.1 Å². The summed E-state index contributed by atoms with van der Waals surface area (Å²) in [5.41, 5.74) is 6.83. The number of aliphatic carboxylic acids is 1. The molecule has 0 bridgehead atoms. The Bertz CT molecular complexity index is 707. The number of hydrogen-bond acceptors (Lipinski definition) is 5. The average Bonchev–Trinajstić information content (AvgIpc) is 2.84. The molecule has 2 atom stereocenters. The van der Waals surface area contributed by atoms with Gasteiger partial charge in [-0.1, -0.05) is 20.8 Å². The lowest BCUT2D eigenvalue weighted by atomic mass is 9.96. The second-order valence-electron chi connectivity index (χ2n) is 7.82. The summed E-state index contributed by atoms with van der Waals surface area (Å²) < 4.78 is 0. The predicted molar refractivity (Wildman–Crippen MR) is 94.5 cm³/mol. The van der Waals surface area contributed by atoms with E-state index >= 15 is 0 Å². The Morgan fingerprint density at radius 1 is 1.40 bits per heavy atom. The largest absolute Gasteiger partial charge is 0.477 e. The zero-order chi connectivity index (χ0) is 18.5. The molecule has 0 spiro atoms. The number of rotatable bonds is 3. The first-order valence-electron chi connectivity index (χ1n) is 8.27. The Hall–Kier alpha value is -1.80. The van der Waals surface area contributed by atoms with E-state index in [0.717, 1.165) is 0 Å². The number of nitrogens with zero attached hydrogens (tertiary/aromatic N) is 2. The molecule has 2 fully saturated rings. The van der Waals surface area contributed by atoms with Crippen molar-refractivity contribution in [1.29, 1.82) is 0 Å². The zero-order valence-corrected chi connectivity index (χ0v) is 15.4. The van der Waals surface area contributed by atoms with Crippen molar-refractivity contribution in [2.75, 3.05) is 18.8 Å². The summed E-state index contributed by atoms with van der Waals surface area (Å²) in [7, 11) is 0. The van der Waals surface area contributed by atoms with E-state index in [1.54, 1.807) is 11.0 Å². The lowest BCUT2D eigenvalue weighted by molar-refractivity contribution is -0.147. The highest BCUT2D eigenvalue weighted by molar-refractivity contribution is 8.00. The van der Waals surface area contributed by atoms with Crippen LogP contribution in [0.15, 0.2) is 22.9 Å². The summed E-state index contributed by atoms with van der Waals surface area (Å²) in [5.74, 6) is -1.15. The van der Waals surface area contributed by atoms with Gasteiger partial charge in [0.05, 0.1) is 0 Å². The van der Waals surface area contributed by atoms with E-state index in [2.05, 4.69) is 20.8 Å². The molecular weight excluding hydrogens is 342 g/mol. The van der Waals surface area contributed by atoms with Crippen LogP contribution in [-0.4, -0.2) is 62.9 Å². The van der Waals surface area contributed by atoms with Crippen LogP contribution in [0.1, 0.15) is 27.2 Å². The Balaban J connectivity index is 1.88. The second-order valence-corrected chi connectivity index (χ2v) is 8.93. The molecule has 0 aromatic heterocycles. The van der Waals surface area contributed by atoms with Crippen LogP contribution in [0.2, 0.25) is 0 Å². The van der Waals surface area contributed by atoms with Gasteiger partial charge in [-0.05, 0) is 23.5 Å². The van der Waals surface area contributed by atoms with Crippen LogP contribution >= 0.6 is 11.8 Å². The smallest absolute Gasteiger partial charge is 0.352 e. The summed E-state index contributed by atoms with van der Waals surface area (Å²) in [6.07, 6.45) is 2.25. The number of amides is 2. The monoisotopic (exact) mass is 365 g/mol. The normalized spacial score (nSPS) is 28.6. The van der Waals surface area contributed by atoms with Gasteiger partial charge >= 0.3 is 5.97 Å². The van der Waals surface area contributed by atoms with E-state index in [0.29, 0.717) is 36.4 Å². The third-order valence-electron chi connectivity index (χ3n) is 4.47. The van der Waals surface area contributed by atoms with Gasteiger partial charge in [-0.15, -0.1) is 11.8 Å². The molecule has 2 amide bonds. The van der Waals surface area contributed by atoms with Crippen LogP contribution < -0.4 is 5.73 Å². The Morgan fingerprint density at radius 3 is 2.68 bits per heavy atom. The maximum Gasteiger partial charge on any atom is 0.352 e. The molecule has 0 saturated carbocycles. The first-order valence-corrected chi connectivity index (χ1v) is 9.31. The summed E-state index contributed by atoms with van der Waals surface area (Å²) >= 11 is 1.44. The number of thioether (sulfide) groups is 1. The standard InChI is InChI=1S/C17H23N3O4S/c1-17(2,3)8-19-5-4-9(13(19)21)6-10-7-25-15-11(18)14(22)20(15)12(10)16(23)24/h6,11,15H,4-5,7-8,18H2,1-3H3,(H,23,24)/b9-6+/t11-,15-/m1/s1. The molecule has 3 N–H and O–H groups in total. The molecule has 25 heavy (non-hydrogen) atoms. The van der Waals surface area contributed by atoms with Crippen LogP contribution in [-0.2, 0) is 14.4 Å². The number of carbonyl (C=O) groups excluding carboxylic acids is 2. The van der Waals surface area contributed by atoms with E-state index in [1.807, 2.05) is 0 Å². The molecule has 8 heteroatoms. The molecule has 0 aliphatic carbocycles. The van der Waals surface area contributed by atoms with Crippen molar-refractivity contribution in [3.05, 3.63) is 22.9 Å². The van der Waals surface area contributed by atoms with E-state index in [4.69, 9.17) is 5.73 Å². The number of hydrogen-bond donors (Lipinski definition) is 2. The van der Waals surface area contributed by atoms with Crippen LogP contribution in [0.4, 0.5) is 0 Å². The molecular formula is C17H23N3O4S. The number of likely N-dealkylation sites (tertiary alicyclic amines) is 1. The van der Waals surface area contributed by atoms with Crippen molar-refractivity contribution in [1.82, 2.24) is 9.80 Å². The van der Waals surface area contributed by atoms with E-state index < -0.39 is 12.0 Å². The van der Waals surface area contributed by atoms with Crippen LogP contribution in [0, 0.1) is 5.41 Å². The highest BCUT2D eigenvalue weighted by Crippen LogP contribution is 2.40. The van der Waals surface area contributed by atoms with Crippen molar-refractivity contribution >= 4 is 29.5 Å². The molecule has 0 aromatic carbocycles. The molecule has 7 nitrogen and oxygen atoms in total. The summed E-state index contributed by atoms with van der Waals surface area (Å²) in [6, 6.07) is -0.649. The number of carboxylic acid groups (broad SMARTS) is 1. The van der Waals surface area contributed by atoms with Gasteiger partial charge in [-0.25, -0.2) is 4.79 Å². The summed E-state index contributed by atoms with van der Waals surface area (Å²) in [5, 5.41) is 9.23. The molecule has 2 saturated heterocycles. The van der Waals surface area contributed by atoms with Crippen molar-refractivity contribution in [3.63, 3.8) is 0 Å². The predicted octanol–water partition coefficient (Wildman–Crippen LogP) is 0.772. The van der Waals surface area contributed by atoms with Crippen molar-refractivity contribution < 1.29 is 19.5 Å². The fourth-order valence-electron chi connectivity index (χ4n) is 3.39. The lowest BCUT2D eigenvalue weighted by Crippen LogP contribution is -2.68. The number of carboxylic acids is 1. The van der Waals surface area contributed by atoms with E-state index in [-0.39, 0.29) is 28.3 Å². The Labute approximate surface area is 150 Å². The van der Waals surface area contributed by atoms with Gasteiger partial charge in [0.2, 0.25) is 11.8 Å². The SMILES string of the molecule is CC(C)(C)CN1CC/C(=C\C2=C(C(=O)O)N3C(=O)[C@@H](N)[C@H]3SC2)C1=O. The summed E-state index contributed by atoms with van der Waals surface area (Å²) in [6.45, 7) is 7.52.